The molecule has 35 heavy (non-hydrogen) atoms. The molecule has 2 aromatic rings. The highest BCUT2D eigenvalue weighted by Crippen LogP contribution is 2.75. The van der Waals surface area contributed by atoms with Gasteiger partial charge in [-0.25, -0.2) is 0 Å². The Morgan fingerprint density at radius 3 is 2.14 bits per heavy atom. The van der Waals surface area contributed by atoms with Gasteiger partial charge in [0.2, 0.25) is 5.54 Å². The molecule has 5 atom stereocenters. The first-order valence-electron chi connectivity index (χ1n) is 12.6. The molecule has 1 aliphatic carbocycles. The summed E-state index contributed by atoms with van der Waals surface area (Å²) in [4.78, 5) is 2.31. The molecule has 1 saturated carbocycles. The maximum Gasteiger partial charge on any atom is 0.246 e. The second kappa shape index (κ2) is 7.65. The first-order valence-corrected chi connectivity index (χ1v) is 12.6. The quantitative estimate of drug-likeness (QED) is 0.685. The van der Waals surface area contributed by atoms with Crippen LogP contribution in [0.15, 0.2) is 65.8 Å². The van der Waals surface area contributed by atoms with Crippen LogP contribution in [0, 0.1) is 45.8 Å². The number of morpholine rings is 1. The average molecular weight is 466 g/mol. The van der Waals surface area contributed by atoms with Crippen molar-refractivity contribution in [2.45, 2.75) is 37.9 Å². The summed E-state index contributed by atoms with van der Waals surface area (Å²) in [6.07, 6.45) is 0. The SMILES string of the molecule is C[C@H]1[C@H](N2CCOCC2)C(C#N)(C#N)N2N=C(c3ccccc3)[C@@H]3[C@@H](C3(C)C)[C@]12c1ccccc1. The van der Waals surface area contributed by atoms with Crippen molar-refractivity contribution in [2.75, 3.05) is 26.3 Å². The third-order valence-electron chi connectivity index (χ3n) is 9.17. The minimum Gasteiger partial charge on any atom is -0.379 e. The highest BCUT2D eigenvalue weighted by Gasteiger charge is 2.81. The Morgan fingerprint density at radius 1 is 0.943 bits per heavy atom. The molecule has 0 aromatic heterocycles. The summed E-state index contributed by atoms with van der Waals surface area (Å²) < 4.78 is 5.65. The molecule has 0 amide bonds. The number of benzene rings is 2. The highest BCUT2D eigenvalue weighted by atomic mass is 16.5. The van der Waals surface area contributed by atoms with Crippen LogP contribution in [-0.4, -0.2) is 53.5 Å². The molecule has 3 heterocycles. The van der Waals surface area contributed by atoms with E-state index in [1.54, 1.807) is 0 Å². The van der Waals surface area contributed by atoms with E-state index in [-0.39, 0.29) is 29.2 Å². The number of ether oxygens (including phenoxy) is 1. The van der Waals surface area contributed by atoms with Crippen LogP contribution in [0.25, 0.3) is 0 Å². The second-order valence-electron chi connectivity index (χ2n) is 11.0. The van der Waals surface area contributed by atoms with Crippen LogP contribution in [0.5, 0.6) is 0 Å². The summed E-state index contributed by atoms with van der Waals surface area (Å²) in [7, 11) is 0. The third kappa shape index (κ3) is 2.73. The van der Waals surface area contributed by atoms with Crippen molar-refractivity contribution < 1.29 is 4.74 Å². The Hall–Kier alpha value is -3.19. The summed E-state index contributed by atoms with van der Waals surface area (Å²) in [5, 5.41) is 28.8. The lowest BCUT2D eigenvalue weighted by molar-refractivity contribution is -0.00104. The van der Waals surface area contributed by atoms with Crippen molar-refractivity contribution in [1.82, 2.24) is 9.91 Å². The number of hydrazone groups is 1. The number of hydrogen-bond donors (Lipinski definition) is 0. The van der Waals surface area contributed by atoms with Gasteiger partial charge in [-0.2, -0.15) is 15.6 Å². The molecular formula is C29H31N5O. The van der Waals surface area contributed by atoms with Gasteiger partial charge in [-0.1, -0.05) is 81.4 Å². The van der Waals surface area contributed by atoms with E-state index in [2.05, 4.69) is 74.2 Å². The molecule has 3 fully saturated rings. The smallest absolute Gasteiger partial charge is 0.246 e. The van der Waals surface area contributed by atoms with Gasteiger partial charge >= 0.3 is 0 Å². The largest absolute Gasteiger partial charge is 0.379 e. The van der Waals surface area contributed by atoms with Gasteiger partial charge in [-0.15, -0.1) is 0 Å². The molecule has 0 radical (unpaired) electrons. The molecular weight excluding hydrogens is 434 g/mol. The van der Waals surface area contributed by atoms with Crippen molar-refractivity contribution in [1.29, 1.82) is 10.5 Å². The third-order valence-corrected chi connectivity index (χ3v) is 9.17. The summed E-state index contributed by atoms with van der Waals surface area (Å²) >= 11 is 0. The van der Waals surface area contributed by atoms with Crippen LogP contribution < -0.4 is 0 Å². The molecule has 0 bridgehead atoms. The Bertz CT molecular complexity index is 1220. The van der Waals surface area contributed by atoms with Gasteiger partial charge in [0, 0.05) is 30.8 Å². The molecule has 3 aliphatic heterocycles. The normalized spacial score (nSPS) is 34.7. The topological polar surface area (TPSA) is 75.7 Å². The van der Waals surface area contributed by atoms with E-state index in [4.69, 9.17) is 9.84 Å². The maximum atomic E-state index is 10.8. The van der Waals surface area contributed by atoms with E-state index in [0.717, 1.165) is 16.8 Å². The molecule has 0 spiro atoms. The number of nitriles is 2. The van der Waals surface area contributed by atoms with E-state index in [9.17, 15) is 10.5 Å². The number of nitrogens with zero attached hydrogens (tertiary/aromatic N) is 5. The van der Waals surface area contributed by atoms with Crippen LogP contribution in [-0.2, 0) is 10.3 Å². The van der Waals surface area contributed by atoms with Gasteiger partial charge in [0.25, 0.3) is 0 Å². The van der Waals surface area contributed by atoms with Gasteiger partial charge in [0.05, 0.1) is 30.5 Å². The zero-order valence-corrected chi connectivity index (χ0v) is 20.6. The molecule has 0 unspecified atom stereocenters. The fourth-order valence-corrected chi connectivity index (χ4v) is 7.73. The van der Waals surface area contributed by atoms with Gasteiger partial charge in [-0.3, -0.25) is 9.91 Å². The summed E-state index contributed by atoms with van der Waals surface area (Å²) in [6.45, 7) is 9.55. The maximum absolute atomic E-state index is 10.8. The molecule has 6 rings (SSSR count). The lowest BCUT2D eigenvalue weighted by Crippen LogP contribution is -2.58. The van der Waals surface area contributed by atoms with Gasteiger partial charge in [0.1, 0.15) is 12.1 Å². The van der Waals surface area contributed by atoms with Crippen molar-refractivity contribution in [2.24, 2.45) is 28.3 Å². The van der Waals surface area contributed by atoms with Crippen molar-refractivity contribution in [3.8, 4) is 12.1 Å². The summed E-state index contributed by atoms with van der Waals surface area (Å²) in [5.74, 6) is 0.493. The molecule has 6 nitrogen and oxygen atoms in total. The summed E-state index contributed by atoms with van der Waals surface area (Å²) in [6, 6.07) is 25.5. The lowest BCUT2D eigenvalue weighted by Gasteiger charge is -2.46. The average Bonchev–Trinajstić information content (AvgIpc) is 3.41. The first-order chi connectivity index (χ1) is 16.9. The number of rotatable bonds is 3. The Labute approximate surface area is 207 Å². The van der Waals surface area contributed by atoms with E-state index in [0.29, 0.717) is 26.3 Å². The van der Waals surface area contributed by atoms with Crippen molar-refractivity contribution >= 4 is 5.71 Å². The predicted octanol–water partition coefficient (Wildman–Crippen LogP) is 4.01. The van der Waals surface area contributed by atoms with E-state index >= 15 is 0 Å². The van der Waals surface area contributed by atoms with Crippen molar-refractivity contribution in [3.05, 3.63) is 71.8 Å². The first kappa shape index (κ1) is 22.3. The molecule has 2 saturated heterocycles. The summed E-state index contributed by atoms with van der Waals surface area (Å²) in [5.41, 5.74) is 1.23. The van der Waals surface area contributed by atoms with Gasteiger partial charge in [0.15, 0.2) is 0 Å². The number of fused-ring (bicyclic) bond motifs is 3. The van der Waals surface area contributed by atoms with Crippen LogP contribution in [0.2, 0.25) is 0 Å². The predicted molar refractivity (Wildman–Crippen MR) is 133 cm³/mol. The van der Waals surface area contributed by atoms with E-state index in [1.807, 2.05) is 29.3 Å². The molecule has 6 heteroatoms. The molecule has 2 aromatic carbocycles. The Balaban J connectivity index is 1.65. The lowest BCUT2D eigenvalue weighted by atomic mass is 9.71. The van der Waals surface area contributed by atoms with Crippen molar-refractivity contribution in [3.63, 3.8) is 0 Å². The molecule has 178 valence electrons. The second-order valence-corrected chi connectivity index (χ2v) is 11.0. The monoisotopic (exact) mass is 465 g/mol. The minimum absolute atomic E-state index is 0.0117. The van der Waals surface area contributed by atoms with E-state index in [1.165, 1.54) is 0 Å². The fourth-order valence-electron chi connectivity index (χ4n) is 7.73. The van der Waals surface area contributed by atoms with Crippen LogP contribution in [0.3, 0.4) is 0 Å². The highest BCUT2D eigenvalue weighted by molar-refractivity contribution is 6.05. The van der Waals surface area contributed by atoms with Gasteiger partial charge in [-0.05, 0) is 16.5 Å². The fraction of sp³-hybridized carbons (Fsp3) is 0.483. The zero-order chi connectivity index (χ0) is 24.4. The Kier molecular flexibility index (Phi) is 4.87. The van der Waals surface area contributed by atoms with Crippen LogP contribution in [0.1, 0.15) is 31.9 Å². The minimum atomic E-state index is -1.41. The zero-order valence-electron chi connectivity index (χ0n) is 20.6. The van der Waals surface area contributed by atoms with E-state index < -0.39 is 11.1 Å². The van der Waals surface area contributed by atoms with Crippen LogP contribution in [0.4, 0.5) is 0 Å². The van der Waals surface area contributed by atoms with Gasteiger partial charge < -0.3 is 4.74 Å². The standard InChI is InChI=1S/C29H31N5O/c1-20-26(33-14-16-35-17-15-33)28(18-30,19-31)34-29(20,22-12-8-5-9-13-22)25-23(27(25,2)3)24(32-34)21-10-6-4-7-11-21/h4-13,20,23,25-26H,14-17H2,1-3H3/t20-,23+,25-,26-,29+/m0/s1. The van der Waals surface area contributed by atoms with Crippen LogP contribution >= 0.6 is 0 Å². The number of hydrogen-bond acceptors (Lipinski definition) is 6. The Morgan fingerprint density at radius 2 is 1.54 bits per heavy atom. The molecule has 0 N–H and O–H groups in total. The molecule has 4 aliphatic rings.